The van der Waals surface area contributed by atoms with Gasteiger partial charge in [-0.3, -0.25) is 4.79 Å². The number of ether oxygens (including phenoxy) is 1. The van der Waals surface area contributed by atoms with Crippen molar-refractivity contribution >= 4 is 11.7 Å². The average molecular weight is 251 g/mol. The molecule has 0 spiro atoms. The topological polar surface area (TPSA) is 88.7 Å². The number of hydrogen-bond donors (Lipinski definition) is 2. The molecule has 0 radical (unpaired) electrons. The van der Waals surface area contributed by atoms with Crippen molar-refractivity contribution < 1.29 is 14.6 Å². The first-order valence-corrected chi connectivity index (χ1v) is 5.90. The number of nitrogen functional groups attached to an aromatic ring is 1. The molecule has 1 aliphatic rings. The van der Waals surface area contributed by atoms with Crippen LogP contribution in [0.4, 0.5) is 5.82 Å². The first-order chi connectivity index (χ1) is 8.70. The Morgan fingerprint density at radius 2 is 2.44 bits per heavy atom. The van der Waals surface area contributed by atoms with Crippen LogP contribution in [0.25, 0.3) is 0 Å². The Kier molecular flexibility index (Phi) is 4.11. The van der Waals surface area contributed by atoms with Crippen molar-refractivity contribution in [2.24, 2.45) is 5.92 Å². The molecule has 1 unspecified atom stereocenters. The van der Waals surface area contributed by atoms with E-state index in [2.05, 4.69) is 4.98 Å². The number of rotatable bonds is 2. The summed E-state index contributed by atoms with van der Waals surface area (Å²) < 4.78 is 5.34. The lowest BCUT2D eigenvalue weighted by Crippen LogP contribution is -2.36. The molecule has 0 saturated carbocycles. The lowest BCUT2D eigenvalue weighted by Gasteiger charge is -2.22. The van der Waals surface area contributed by atoms with E-state index in [4.69, 9.17) is 10.5 Å². The third-order valence-corrected chi connectivity index (χ3v) is 2.92. The van der Waals surface area contributed by atoms with Crippen LogP contribution in [0, 0.1) is 5.92 Å². The molecule has 1 atom stereocenters. The number of hydrogen-bond acceptors (Lipinski definition) is 5. The number of nitrogens with two attached hydrogens (primary N) is 1. The Labute approximate surface area is 105 Å². The minimum Gasteiger partial charge on any atom is -0.396 e. The van der Waals surface area contributed by atoms with Crippen LogP contribution in [-0.2, 0) is 4.74 Å². The largest absolute Gasteiger partial charge is 0.396 e. The quantitative estimate of drug-likeness (QED) is 0.756. The van der Waals surface area contributed by atoms with Crippen molar-refractivity contribution in [3.8, 4) is 0 Å². The van der Waals surface area contributed by atoms with Crippen LogP contribution in [0.1, 0.15) is 10.4 Å². The molecule has 0 bridgehead atoms. The van der Waals surface area contributed by atoms with Crippen molar-refractivity contribution in [2.45, 2.75) is 0 Å². The summed E-state index contributed by atoms with van der Waals surface area (Å²) in [5.74, 6) is 0.253. The molecule has 3 N–H and O–H groups in total. The Hall–Kier alpha value is -1.66. The van der Waals surface area contributed by atoms with Gasteiger partial charge in [-0.25, -0.2) is 4.98 Å². The van der Waals surface area contributed by atoms with Gasteiger partial charge in [0.1, 0.15) is 5.82 Å². The van der Waals surface area contributed by atoms with Gasteiger partial charge in [-0.05, 0) is 12.1 Å². The fourth-order valence-corrected chi connectivity index (χ4v) is 1.89. The first-order valence-electron chi connectivity index (χ1n) is 5.90. The fraction of sp³-hybridized carbons (Fsp3) is 0.500. The number of nitrogens with zero attached hydrogens (tertiary/aromatic N) is 2. The molecule has 6 heteroatoms. The van der Waals surface area contributed by atoms with E-state index in [0.29, 0.717) is 37.7 Å². The smallest absolute Gasteiger partial charge is 0.255 e. The van der Waals surface area contributed by atoms with Gasteiger partial charge in [-0.15, -0.1) is 0 Å². The lowest BCUT2D eigenvalue weighted by molar-refractivity contribution is 0.0728. The van der Waals surface area contributed by atoms with E-state index >= 15 is 0 Å². The summed E-state index contributed by atoms with van der Waals surface area (Å²) >= 11 is 0. The monoisotopic (exact) mass is 251 g/mol. The number of pyridine rings is 1. The Balaban J connectivity index is 2.09. The Bertz CT molecular complexity index is 408. The summed E-state index contributed by atoms with van der Waals surface area (Å²) in [6.45, 7) is 2.02. The molecule has 0 aromatic carbocycles. The van der Waals surface area contributed by atoms with E-state index < -0.39 is 0 Å². The Morgan fingerprint density at radius 1 is 1.61 bits per heavy atom. The normalized spacial score (nSPS) is 20.5. The summed E-state index contributed by atoms with van der Waals surface area (Å²) in [6.07, 6.45) is 1.47. The number of carbonyl (C=O) groups is 1. The summed E-state index contributed by atoms with van der Waals surface area (Å²) in [7, 11) is 0. The third-order valence-electron chi connectivity index (χ3n) is 2.92. The minimum atomic E-state index is -0.105. The average Bonchev–Trinajstić information content (AvgIpc) is 2.64. The maximum absolute atomic E-state index is 12.2. The van der Waals surface area contributed by atoms with Crippen LogP contribution < -0.4 is 5.73 Å². The highest BCUT2D eigenvalue weighted by Crippen LogP contribution is 2.11. The van der Waals surface area contributed by atoms with Gasteiger partial charge in [0, 0.05) is 31.8 Å². The second kappa shape index (κ2) is 5.79. The standard InChI is InChI=1S/C12H17N3O3/c13-11-2-1-10(5-14-11)12(17)15-3-4-18-8-9(6-15)7-16/h1-2,5,9,16H,3-4,6-8H2,(H2,13,14). The maximum atomic E-state index is 12.2. The maximum Gasteiger partial charge on any atom is 0.255 e. The van der Waals surface area contributed by atoms with E-state index in [9.17, 15) is 9.90 Å². The molecule has 1 fully saturated rings. The first kappa shape index (κ1) is 12.8. The molecule has 1 aromatic heterocycles. The predicted octanol–water partition coefficient (Wildman–Crippen LogP) is -0.255. The molecule has 1 saturated heterocycles. The van der Waals surface area contributed by atoms with Gasteiger partial charge in [0.05, 0.1) is 18.8 Å². The number of carbonyl (C=O) groups excluding carboxylic acids is 1. The van der Waals surface area contributed by atoms with Crippen molar-refractivity contribution in [3.63, 3.8) is 0 Å². The molecular formula is C12H17N3O3. The molecule has 1 aliphatic heterocycles. The van der Waals surface area contributed by atoms with E-state index in [0.717, 1.165) is 0 Å². The summed E-state index contributed by atoms with van der Waals surface area (Å²) in [4.78, 5) is 17.8. The van der Waals surface area contributed by atoms with Crippen molar-refractivity contribution in [1.29, 1.82) is 0 Å². The molecule has 2 heterocycles. The highest BCUT2D eigenvalue weighted by molar-refractivity contribution is 5.94. The molecule has 1 aromatic rings. The van der Waals surface area contributed by atoms with Crippen LogP contribution >= 0.6 is 0 Å². The molecule has 18 heavy (non-hydrogen) atoms. The molecular weight excluding hydrogens is 234 g/mol. The van der Waals surface area contributed by atoms with Gasteiger partial charge in [0.25, 0.3) is 5.91 Å². The van der Waals surface area contributed by atoms with Crippen molar-refractivity contribution in [1.82, 2.24) is 9.88 Å². The van der Waals surface area contributed by atoms with E-state index in [1.807, 2.05) is 0 Å². The van der Waals surface area contributed by atoms with Gasteiger partial charge < -0.3 is 20.5 Å². The molecule has 0 aliphatic carbocycles. The van der Waals surface area contributed by atoms with Crippen LogP contribution in [0.15, 0.2) is 18.3 Å². The zero-order chi connectivity index (χ0) is 13.0. The number of amides is 1. The zero-order valence-electron chi connectivity index (χ0n) is 10.1. The second-order valence-electron chi connectivity index (χ2n) is 4.35. The number of aromatic nitrogens is 1. The molecule has 1 amide bonds. The molecule has 2 rings (SSSR count). The lowest BCUT2D eigenvalue weighted by atomic mass is 10.1. The highest BCUT2D eigenvalue weighted by Gasteiger charge is 2.23. The van der Waals surface area contributed by atoms with Gasteiger partial charge in [0.2, 0.25) is 0 Å². The fourth-order valence-electron chi connectivity index (χ4n) is 1.89. The number of aliphatic hydroxyl groups excluding tert-OH is 1. The van der Waals surface area contributed by atoms with Gasteiger partial charge >= 0.3 is 0 Å². The van der Waals surface area contributed by atoms with Crippen LogP contribution in [0.2, 0.25) is 0 Å². The van der Waals surface area contributed by atoms with Crippen LogP contribution in [0.3, 0.4) is 0 Å². The number of anilines is 1. The Morgan fingerprint density at radius 3 is 3.11 bits per heavy atom. The molecule has 6 nitrogen and oxygen atoms in total. The molecule has 98 valence electrons. The van der Waals surface area contributed by atoms with Crippen LogP contribution in [-0.4, -0.2) is 53.8 Å². The SMILES string of the molecule is Nc1ccc(C(=O)N2CCOCC(CO)C2)cn1. The van der Waals surface area contributed by atoms with Crippen LogP contribution in [0.5, 0.6) is 0 Å². The van der Waals surface area contributed by atoms with E-state index in [-0.39, 0.29) is 18.4 Å². The van der Waals surface area contributed by atoms with Gasteiger partial charge in [0.15, 0.2) is 0 Å². The van der Waals surface area contributed by atoms with E-state index in [1.165, 1.54) is 6.20 Å². The van der Waals surface area contributed by atoms with Gasteiger partial charge in [-0.2, -0.15) is 0 Å². The third kappa shape index (κ3) is 2.96. The van der Waals surface area contributed by atoms with Crippen molar-refractivity contribution in [3.05, 3.63) is 23.9 Å². The summed E-state index contributed by atoms with van der Waals surface area (Å²) in [5.41, 5.74) is 5.99. The summed E-state index contributed by atoms with van der Waals surface area (Å²) in [5, 5.41) is 9.18. The van der Waals surface area contributed by atoms with Gasteiger partial charge in [-0.1, -0.05) is 0 Å². The predicted molar refractivity (Wildman–Crippen MR) is 65.9 cm³/mol. The summed E-state index contributed by atoms with van der Waals surface area (Å²) in [6, 6.07) is 3.26. The number of aliphatic hydroxyl groups is 1. The second-order valence-corrected chi connectivity index (χ2v) is 4.35. The minimum absolute atomic E-state index is 0.0176. The van der Waals surface area contributed by atoms with E-state index in [1.54, 1.807) is 17.0 Å². The zero-order valence-corrected chi connectivity index (χ0v) is 10.1. The highest BCUT2D eigenvalue weighted by atomic mass is 16.5. The van der Waals surface area contributed by atoms with Crippen molar-refractivity contribution in [2.75, 3.05) is 38.6 Å².